The summed E-state index contributed by atoms with van der Waals surface area (Å²) in [5.41, 5.74) is 4.07. The monoisotopic (exact) mass is 514 g/mol. The Balaban J connectivity index is 1.50. The van der Waals surface area contributed by atoms with Gasteiger partial charge in [0.25, 0.3) is 0 Å². The van der Waals surface area contributed by atoms with Gasteiger partial charge in [-0.25, -0.2) is 4.21 Å². The second-order valence-corrected chi connectivity index (χ2v) is 14.4. The lowest BCUT2D eigenvalue weighted by molar-refractivity contribution is 0.189. The van der Waals surface area contributed by atoms with Gasteiger partial charge < -0.3 is 9.68 Å². The Morgan fingerprint density at radius 2 is 1.11 bits per heavy atom. The van der Waals surface area contributed by atoms with Gasteiger partial charge in [-0.1, -0.05) is 121 Å². The normalized spacial score (nSPS) is 13.0. The SMILES string of the molecule is CS(C)(=O)(Cc1ccccc1)OB(O)OCCCC(c1ccccc1)(c1ccccc1)c1ccccc1. The van der Waals surface area contributed by atoms with Crippen LogP contribution in [-0.4, -0.2) is 35.7 Å². The molecule has 4 aromatic carbocycles. The smallest absolute Gasteiger partial charge is 0.401 e. The van der Waals surface area contributed by atoms with E-state index in [0.717, 1.165) is 12.0 Å². The van der Waals surface area contributed by atoms with Crippen molar-refractivity contribution in [2.45, 2.75) is 24.0 Å². The van der Waals surface area contributed by atoms with Crippen molar-refractivity contribution >= 4 is 16.7 Å². The number of hydrogen-bond acceptors (Lipinski definition) is 4. The van der Waals surface area contributed by atoms with Crippen LogP contribution in [0, 0.1) is 0 Å². The summed E-state index contributed by atoms with van der Waals surface area (Å²) in [5, 5.41) is 10.5. The topological polar surface area (TPSA) is 55.8 Å². The van der Waals surface area contributed by atoms with Gasteiger partial charge in [-0.15, -0.1) is 0 Å². The van der Waals surface area contributed by atoms with Gasteiger partial charge in [0.1, 0.15) is 0 Å². The Labute approximate surface area is 221 Å². The largest absolute Gasteiger partial charge is 0.656 e. The molecule has 0 saturated heterocycles. The molecule has 0 radical (unpaired) electrons. The highest BCUT2D eigenvalue weighted by Crippen LogP contribution is 2.43. The Morgan fingerprint density at radius 3 is 1.54 bits per heavy atom. The Kier molecular flexibility index (Phi) is 8.45. The molecule has 0 atom stereocenters. The van der Waals surface area contributed by atoms with E-state index in [-0.39, 0.29) is 12.4 Å². The molecule has 192 valence electrons. The number of rotatable bonds is 12. The van der Waals surface area contributed by atoms with Crippen LogP contribution in [0.3, 0.4) is 0 Å². The molecule has 4 nitrogen and oxygen atoms in total. The summed E-state index contributed by atoms with van der Waals surface area (Å²) < 4.78 is 24.7. The van der Waals surface area contributed by atoms with Crippen molar-refractivity contribution in [3.8, 4) is 0 Å². The lowest BCUT2D eigenvalue weighted by Crippen LogP contribution is -2.42. The van der Waals surface area contributed by atoms with Gasteiger partial charge in [0.15, 0.2) is 0 Å². The molecule has 4 rings (SSSR count). The van der Waals surface area contributed by atoms with Crippen molar-refractivity contribution in [2.75, 3.05) is 19.1 Å². The second-order valence-electron chi connectivity index (χ2n) is 9.97. The van der Waals surface area contributed by atoms with Crippen LogP contribution in [0.2, 0.25) is 0 Å². The lowest BCUT2D eigenvalue weighted by atomic mass is 9.67. The van der Waals surface area contributed by atoms with E-state index in [1.807, 2.05) is 48.5 Å². The third-order valence-electron chi connectivity index (χ3n) is 6.55. The lowest BCUT2D eigenvalue weighted by Gasteiger charge is -2.41. The molecule has 0 fully saturated rings. The fourth-order valence-corrected chi connectivity index (χ4v) is 6.75. The molecule has 0 amide bonds. The third-order valence-corrected chi connectivity index (χ3v) is 8.46. The molecule has 0 saturated carbocycles. The molecule has 0 spiro atoms. The highest BCUT2D eigenvalue weighted by Gasteiger charge is 2.36. The van der Waals surface area contributed by atoms with Gasteiger partial charge in [0, 0.05) is 24.5 Å². The second kappa shape index (κ2) is 11.6. The van der Waals surface area contributed by atoms with Crippen molar-refractivity contribution in [1.29, 1.82) is 0 Å². The Morgan fingerprint density at radius 1 is 0.703 bits per heavy atom. The number of hydrogen-bond donors (Lipinski definition) is 1. The van der Waals surface area contributed by atoms with Crippen LogP contribution in [0.1, 0.15) is 35.1 Å². The van der Waals surface area contributed by atoms with E-state index in [0.29, 0.717) is 6.42 Å². The molecule has 0 aromatic heterocycles. The first-order valence-electron chi connectivity index (χ1n) is 12.6. The van der Waals surface area contributed by atoms with Crippen LogP contribution >= 0.6 is 0 Å². The molecule has 0 aliphatic heterocycles. The maximum Gasteiger partial charge on any atom is 0.656 e. The molecule has 0 unspecified atom stereocenters. The van der Waals surface area contributed by atoms with Crippen LogP contribution in [0.25, 0.3) is 0 Å². The molecule has 0 aliphatic carbocycles. The van der Waals surface area contributed by atoms with E-state index in [1.54, 1.807) is 12.5 Å². The fraction of sp³-hybridized carbons (Fsp3) is 0.226. The maximum atomic E-state index is 13.5. The third kappa shape index (κ3) is 7.05. The molecular formula is C31H35BO4S. The van der Waals surface area contributed by atoms with Gasteiger partial charge in [-0.05, 0) is 35.1 Å². The van der Waals surface area contributed by atoms with Crippen LogP contribution in [0.4, 0.5) is 0 Å². The molecule has 6 heteroatoms. The predicted octanol–water partition coefficient (Wildman–Crippen LogP) is 6.01. The molecule has 0 heterocycles. The van der Waals surface area contributed by atoms with Crippen molar-refractivity contribution in [1.82, 2.24) is 0 Å². The van der Waals surface area contributed by atoms with E-state index in [2.05, 4.69) is 72.8 Å². The summed E-state index contributed by atoms with van der Waals surface area (Å²) in [6.07, 6.45) is 4.49. The molecule has 37 heavy (non-hydrogen) atoms. The van der Waals surface area contributed by atoms with Crippen LogP contribution < -0.4 is 0 Å². The van der Waals surface area contributed by atoms with Crippen LogP contribution in [-0.2, 0) is 29.3 Å². The molecule has 0 bridgehead atoms. The van der Waals surface area contributed by atoms with Crippen molar-refractivity contribution < 1.29 is 18.0 Å². The summed E-state index contributed by atoms with van der Waals surface area (Å²) in [6.45, 7) is 0.254. The van der Waals surface area contributed by atoms with E-state index in [4.69, 9.17) is 8.75 Å². The summed E-state index contributed by atoms with van der Waals surface area (Å²) in [4.78, 5) is 0. The first-order chi connectivity index (χ1) is 17.8. The van der Waals surface area contributed by atoms with Crippen molar-refractivity contribution in [2.24, 2.45) is 0 Å². The average Bonchev–Trinajstić information content (AvgIpc) is 2.90. The summed E-state index contributed by atoms with van der Waals surface area (Å²) in [7, 11) is -5.16. The number of benzene rings is 4. The average molecular weight is 514 g/mol. The quantitative estimate of drug-likeness (QED) is 0.143. The minimum absolute atomic E-state index is 0.206. The van der Waals surface area contributed by atoms with E-state index in [1.165, 1.54) is 16.7 Å². The Hall–Kier alpha value is -3.03. The molecule has 1 N–H and O–H groups in total. The van der Waals surface area contributed by atoms with Crippen LogP contribution in [0.15, 0.2) is 121 Å². The van der Waals surface area contributed by atoms with Gasteiger partial charge in [-0.3, -0.25) is 4.10 Å². The maximum absolute atomic E-state index is 13.5. The van der Waals surface area contributed by atoms with Crippen LogP contribution in [0.5, 0.6) is 0 Å². The van der Waals surface area contributed by atoms with E-state index in [9.17, 15) is 9.23 Å². The molecule has 4 aromatic rings. The molecule has 0 aliphatic rings. The highest BCUT2D eigenvalue weighted by molar-refractivity contribution is 8.14. The van der Waals surface area contributed by atoms with Gasteiger partial charge in [0.2, 0.25) is 0 Å². The highest BCUT2D eigenvalue weighted by atomic mass is 32.3. The zero-order valence-corrected chi connectivity index (χ0v) is 22.3. The minimum atomic E-state index is -3.59. The van der Waals surface area contributed by atoms with E-state index < -0.39 is 22.1 Å². The van der Waals surface area contributed by atoms with Gasteiger partial charge in [0.05, 0.1) is 5.75 Å². The predicted molar refractivity (Wildman–Crippen MR) is 154 cm³/mol. The zero-order chi connectivity index (χ0) is 26.2. The summed E-state index contributed by atoms with van der Waals surface area (Å²) in [6, 6.07) is 40.9. The van der Waals surface area contributed by atoms with E-state index >= 15 is 0 Å². The first kappa shape index (κ1) is 27.0. The summed E-state index contributed by atoms with van der Waals surface area (Å²) >= 11 is 0. The fourth-order valence-electron chi connectivity index (χ4n) is 4.98. The van der Waals surface area contributed by atoms with Crippen molar-refractivity contribution in [3.63, 3.8) is 0 Å². The van der Waals surface area contributed by atoms with Gasteiger partial charge >= 0.3 is 7.32 Å². The Bertz CT molecular complexity index is 1210. The van der Waals surface area contributed by atoms with Crippen molar-refractivity contribution in [3.05, 3.63) is 144 Å². The standard InChI is InChI=1S/C31H35BO4S/c1-37(2,34,26-27-16-7-3-8-17-27)36-32(33)35-25-15-24-31(28-18-9-4-10-19-28,29-20-11-5-12-21-29)30-22-13-6-14-23-30/h3-14,16-23,33H,15,24-26H2,1-2H3. The molecular weight excluding hydrogens is 479 g/mol. The summed E-state index contributed by atoms with van der Waals surface area (Å²) in [5.74, 6) is 0.206. The minimum Gasteiger partial charge on any atom is -0.401 e. The zero-order valence-electron chi connectivity index (χ0n) is 21.5. The first-order valence-corrected chi connectivity index (χ1v) is 15.4. The van der Waals surface area contributed by atoms with Gasteiger partial charge in [-0.2, -0.15) is 9.35 Å².